The van der Waals surface area contributed by atoms with E-state index in [2.05, 4.69) is 17.6 Å². The quantitative estimate of drug-likeness (QED) is 0.778. The molecular formula is C19H31ClN2O2. The summed E-state index contributed by atoms with van der Waals surface area (Å²) in [5.74, 6) is 1.13. The highest BCUT2D eigenvalue weighted by Crippen LogP contribution is 2.23. The zero-order valence-corrected chi connectivity index (χ0v) is 15.8. The van der Waals surface area contributed by atoms with E-state index in [-0.39, 0.29) is 24.4 Å². The van der Waals surface area contributed by atoms with Crippen LogP contribution in [0.1, 0.15) is 45.6 Å². The van der Waals surface area contributed by atoms with Gasteiger partial charge in [0.25, 0.3) is 0 Å². The molecule has 1 saturated heterocycles. The van der Waals surface area contributed by atoms with Gasteiger partial charge in [-0.25, -0.2) is 0 Å². The topological polar surface area (TPSA) is 50.4 Å². The lowest BCUT2D eigenvalue weighted by molar-refractivity contribution is -0.117. The van der Waals surface area contributed by atoms with Gasteiger partial charge in [-0.3, -0.25) is 4.79 Å². The van der Waals surface area contributed by atoms with Gasteiger partial charge >= 0.3 is 0 Å². The van der Waals surface area contributed by atoms with Crippen molar-refractivity contribution in [2.75, 3.05) is 18.4 Å². The molecule has 4 nitrogen and oxygen atoms in total. The first-order valence-corrected chi connectivity index (χ1v) is 8.75. The number of carbonyl (C=O) groups is 1. The van der Waals surface area contributed by atoms with E-state index in [0.29, 0.717) is 24.9 Å². The lowest BCUT2D eigenvalue weighted by Crippen LogP contribution is -2.34. The fraction of sp³-hybridized carbons (Fsp3) is 0.632. The molecule has 1 aliphatic rings. The summed E-state index contributed by atoms with van der Waals surface area (Å²) in [7, 11) is 0. The lowest BCUT2D eigenvalue weighted by atomic mass is 9.85. The second-order valence-corrected chi connectivity index (χ2v) is 6.90. The highest BCUT2D eigenvalue weighted by molar-refractivity contribution is 5.90. The van der Waals surface area contributed by atoms with Gasteiger partial charge in [0.15, 0.2) is 0 Å². The van der Waals surface area contributed by atoms with Gasteiger partial charge in [-0.2, -0.15) is 0 Å². The zero-order valence-electron chi connectivity index (χ0n) is 15.0. The molecule has 2 rings (SSSR count). The number of anilines is 1. The van der Waals surface area contributed by atoms with Crippen LogP contribution in [0, 0.1) is 11.8 Å². The summed E-state index contributed by atoms with van der Waals surface area (Å²) >= 11 is 0. The molecule has 0 aromatic heterocycles. The molecule has 2 atom stereocenters. The minimum Gasteiger partial charge on any atom is -0.374 e. The molecule has 0 aliphatic carbocycles. The standard InChI is InChI=1S/C19H30N2O2.ClH/c1-14(2)23-13-16-6-4-8-18(11-16)21-19(22)10-15(3)17-7-5-9-20-12-17;/h4,6,8,11,14-15,17,20H,5,7,9-10,12-13H2,1-3H3,(H,21,22);1H. The highest BCUT2D eigenvalue weighted by Gasteiger charge is 2.22. The van der Waals surface area contributed by atoms with Crippen LogP contribution in [0.4, 0.5) is 5.69 Å². The number of hydrogen-bond acceptors (Lipinski definition) is 3. The van der Waals surface area contributed by atoms with Gasteiger partial charge < -0.3 is 15.4 Å². The molecule has 2 N–H and O–H groups in total. The molecule has 1 amide bonds. The number of nitrogens with one attached hydrogen (secondary N) is 2. The Hall–Kier alpha value is -1.10. The van der Waals surface area contributed by atoms with Gasteiger partial charge in [0, 0.05) is 12.1 Å². The van der Waals surface area contributed by atoms with E-state index in [4.69, 9.17) is 4.74 Å². The maximum atomic E-state index is 12.3. The highest BCUT2D eigenvalue weighted by atomic mass is 35.5. The fourth-order valence-corrected chi connectivity index (χ4v) is 3.04. The number of carbonyl (C=O) groups excluding carboxylic acids is 1. The number of ether oxygens (including phenoxy) is 1. The minimum absolute atomic E-state index is 0. The molecule has 0 radical (unpaired) electrons. The van der Waals surface area contributed by atoms with Crippen molar-refractivity contribution in [1.82, 2.24) is 5.32 Å². The molecule has 0 saturated carbocycles. The summed E-state index contributed by atoms with van der Waals surface area (Å²) in [6, 6.07) is 7.91. The maximum Gasteiger partial charge on any atom is 0.224 e. The molecule has 0 bridgehead atoms. The smallest absolute Gasteiger partial charge is 0.224 e. The molecule has 136 valence electrons. The Bertz CT molecular complexity index is 502. The van der Waals surface area contributed by atoms with E-state index in [9.17, 15) is 4.79 Å². The van der Waals surface area contributed by atoms with Crippen molar-refractivity contribution in [3.63, 3.8) is 0 Å². The summed E-state index contributed by atoms with van der Waals surface area (Å²) in [4.78, 5) is 12.3. The van der Waals surface area contributed by atoms with Crippen molar-refractivity contribution in [1.29, 1.82) is 0 Å². The third-order valence-electron chi connectivity index (χ3n) is 4.44. The second-order valence-electron chi connectivity index (χ2n) is 6.90. The van der Waals surface area contributed by atoms with Crippen molar-refractivity contribution in [2.24, 2.45) is 11.8 Å². The first-order valence-electron chi connectivity index (χ1n) is 8.75. The average molecular weight is 355 g/mol. The third-order valence-corrected chi connectivity index (χ3v) is 4.44. The molecule has 1 fully saturated rings. The molecule has 2 unspecified atom stereocenters. The number of rotatable bonds is 7. The Balaban J connectivity index is 0.00000288. The largest absolute Gasteiger partial charge is 0.374 e. The summed E-state index contributed by atoms with van der Waals surface area (Å²) in [5.41, 5.74) is 1.94. The van der Waals surface area contributed by atoms with Crippen molar-refractivity contribution in [3.05, 3.63) is 29.8 Å². The van der Waals surface area contributed by atoms with Crippen LogP contribution in [0.25, 0.3) is 0 Å². The Morgan fingerprint density at radius 2 is 2.17 bits per heavy atom. The van der Waals surface area contributed by atoms with Crippen LogP contribution in [-0.2, 0) is 16.1 Å². The number of piperidine rings is 1. The van der Waals surface area contributed by atoms with E-state index in [1.54, 1.807) is 0 Å². The van der Waals surface area contributed by atoms with E-state index < -0.39 is 0 Å². The first kappa shape index (κ1) is 20.9. The lowest BCUT2D eigenvalue weighted by Gasteiger charge is -2.28. The monoisotopic (exact) mass is 354 g/mol. The van der Waals surface area contributed by atoms with Gasteiger partial charge in [0.2, 0.25) is 5.91 Å². The predicted octanol–water partition coefficient (Wildman–Crippen LogP) is 4.00. The van der Waals surface area contributed by atoms with Crippen molar-refractivity contribution >= 4 is 24.0 Å². The van der Waals surface area contributed by atoms with Crippen molar-refractivity contribution < 1.29 is 9.53 Å². The third kappa shape index (κ3) is 7.20. The zero-order chi connectivity index (χ0) is 16.7. The number of benzene rings is 1. The van der Waals surface area contributed by atoms with Crippen LogP contribution in [0.2, 0.25) is 0 Å². The van der Waals surface area contributed by atoms with Crippen LogP contribution in [0.15, 0.2) is 24.3 Å². The Labute approximate surface area is 152 Å². The van der Waals surface area contributed by atoms with Gasteiger partial charge in [-0.05, 0) is 69.3 Å². The van der Waals surface area contributed by atoms with Crippen LogP contribution < -0.4 is 10.6 Å². The molecule has 5 heteroatoms. The molecular weight excluding hydrogens is 324 g/mol. The van der Waals surface area contributed by atoms with Gasteiger partial charge in [0.1, 0.15) is 0 Å². The molecule has 1 aromatic carbocycles. The van der Waals surface area contributed by atoms with Crippen LogP contribution in [0.3, 0.4) is 0 Å². The second kappa shape index (κ2) is 10.7. The summed E-state index contributed by atoms with van der Waals surface area (Å²) in [6.45, 7) is 8.95. The van der Waals surface area contributed by atoms with E-state index in [0.717, 1.165) is 24.3 Å². The van der Waals surface area contributed by atoms with E-state index >= 15 is 0 Å². The predicted molar refractivity (Wildman–Crippen MR) is 102 cm³/mol. The van der Waals surface area contributed by atoms with Crippen LogP contribution >= 0.6 is 12.4 Å². The van der Waals surface area contributed by atoms with E-state index in [1.165, 1.54) is 12.8 Å². The minimum atomic E-state index is 0. The summed E-state index contributed by atoms with van der Waals surface area (Å²) in [6.07, 6.45) is 3.23. The van der Waals surface area contributed by atoms with Crippen LogP contribution in [-0.4, -0.2) is 25.1 Å². The number of amides is 1. The fourth-order valence-electron chi connectivity index (χ4n) is 3.04. The Morgan fingerprint density at radius 1 is 1.38 bits per heavy atom. The van der Waals surface area contributed by atoms with E-state index in [1.807, 2.05) is 38.1 Å². The molecule has 24 heavy (non-hydrogen) atoms. The van der Waals surface area contributed by atoms with Gasteiger partial charge in [-0.1, -0.05) is 19.1 Å². The summed E-state index contributed by atoms with van der Waals surface area (Å²) < 4.78 is 5.61. The van der Waals surface area contributed by atoms with Crippen molar-refractivity contribution in [3.8, 4) is 0 Å². The first-order chi connectivity index (χ1) is 11.0. The molecule has 1 heterocycles. The Morgan fingerprint density at radius 3 is 2.83 bits per heavy atom. The normalized spacial score (nSPS) is 18.8. The molecule has 1 aromatic rings. The maximum absolute atomic E-state index is 12.3. The van der Waals surface area contributed by atoms with Crippen molar-refractivity contribution in [2.45, 2.75) is 52.7 Å². The van der Waals surface area contributed by atoms with Gasteiger partial charge in [-0.15, -0.1) is 12.4 Å². The number of hydrogen-bond donors (Lipinski definition) is 2. The van der Waals surface area contributed by atoms with Crippen LogP contribution in [0.5, 0.6) is 0 Å². The number of halogens is 1. The molecule has 1 aliphatic heterocycles. The SMILES string of the molecule is CC(C)OCc1cccc(NC(=O)CC(C)C2CCCNC2)c1.Cl. The summed E-state index contributed by atoms with van der Waals surface area (Å²) in [5, 5.41) is 6.45. The van der Waals surface area contributed by atoms with Gasteiger partial charge in [0.05, 0.1) is 12.7 Å². The average Bonchev–Trinajstić information content (AvgIpc) is 2.54. The Kier molecular flexibility index (Phi) is 9.34. The molecule has 0 spiro atoms.